The number of methoxy groups -OCH3 is 1. The number of benzene rings is 3. The van der Waals surface area contributed by atoms with Gasteiger partial charge in [-0.2, -0.15) is 0 Å². The molecule has 0 radical (unpaired) electrons. The molecule has 5 aromatic rings. The van der Waals surface area contributed by atoms with E-state index in [1.165, 1.54) is 48.5 Å². The van der Waals surface area contributed by atoms with E-state index in [1.807, 2.05) is 57.2 Å². The average molecular weight is 1440 g/mol. The molecule has 8 amide bonds. The number of esters is 1. The molecule has 2 bridgehead atoms. The van der Waals surface area contributed by atoms with Crippen LogP contribution >= 0.6 is 34.3 Å². The highest BCUT2D eigenvalue weighted by atomic mass is 35.5. The zero-order valence-electron chi connectivity index (χ0n) is 55.8. The molecule has 6 fully saturated rings. The molecule has 8 N–H and O–H groups in total. The van der Waals surface area contributed by atoms with Gasteiger partial charge in [0.25, 0.3) is 0 Å². The van der Waals surface area contributed by atoms with Gasteiger partial charge in [-0.3, -0.25) is 48.7 Å². The third-order valence-electron chi connectivity index (χ3n) is 18.5. The zero-order chi connectivity index (χ0) is 72.2. The van der Waals surface area contributed by atoms with E-state index in [2.05, 4.69) is 41.4 Å². The molecule has 29 nitrogen and oxygen atoms in total. The van der Waals surface area contributed by atoms with Crippen molar-refractivity contribution in [1.29, 1.82) is 0 Å². The monoisotopic (exact) mass is 1440 g/mol. The topological polar surface area (TPSA) is 398 Å². The van der Waals surface area contributed by atoms with Crippen LogP contribution < -0.4 is 31.5 Å². The van der Waals surface area contributed by atoms with Crippen LogP contribution in [0.1, 0.15) is 136 Å². The van der Waals surface area contributed by atoms with Crippen LogP contribution in [-0.4, -0.2) is 183 Å². The molecule has 2 aromatic heterocycles. The minimum atomic E-state index is -1.48. The summed E-state index contributed by atoms with van der Waals surface area (Å²) in [6.45, 7) is 12.9. The third-order valence-corrected chi connectivity index (χ3v) is 20.2. The maximum Gasteiger partial charge on any atom is 0.526 e. The van der Waals surface area contributed by atoms with Crippen molar-refractivity contribution in [3.05, 3.63) is 117 Å². The second kappa shape index (κ2) is 31.8. The number of fused-ring (bicyclic) bond motifs is 1. The molecular weight excluding hydrogens is 1360 g/mol. The summed E-state index contributed by atoms with van der Waals surface area (Å²) in [6.07, 6.45) is 1.46. The Hall–Kier alpha value is -8.85. The number of ketones is 2. The highest BCUT2D eigenvalue weighted by molar-refractivity contribution is 7.14. The summed E-state index contributed by atoms with van der Waals surface area (Å²) in [5, 5.41) is 27.6. The van der Waals surface area contributed by atoms with Crippen molar-refractivity contribution in [3.63, 3.8) is 0 Å². The number of para-hydroxylation sites is 2. The number of nitrogens with zero attached hydrogens (tertiary/aromatic N) is 6. The van der Waals surface area contributed by atoms with Gasteiger partial charge in [-0.25, -0.2) is 29.1 Å². The summed E-state index contributed by atoms with van der Waals surface area (Å²) in [6, 6.07) is 15.9. The van der Waals surface area contributed by atoms with Gasteiger partial charge >= 0.3 is 67.3 Å². The molecule has 12 rings (SSSR count). The number of rotatable bonds is 18. The summed E-state index contributed by atoms with van der Waals surface area (Å²) in [4.78, 5) is 146. The lowest BCUT2D eigenvalue weighted by Crippen LogP contribution is -2.65. The number of urea groups is 1. The van der Waals surface area contributed by atoms with E-state index in [9.17, 15) is 62.9 Å². The third kappa shape index (κ3) is 17.3. The number of ether oxygens (including phenoxy) is 3. The molecule has 534 valence electrons. The first-order chi connectivity index (χ1) is 46.7. The van der Waals surface area contributed by atoms with Crippen LogP contribution in [0, 0.1) is 17.3 Å². The lowest BCUT2D eigenvalue weighted by Gasteiger charge is -2.64. The lowest BCUT2D eigenvalue weighted by atomic mass is 9.43. The Morgan fingerprint density at radius 1 is 0.830 bits per heavy atom. The van der Waals surface area contributed by atoms with Crippen molar-refractivity contribution in [1.82, 2.24) is 34.9 Å². The maximum absolute atomic E-state index is 14.0. The summed E-state index contributed by atoms with van der Waals surface area (Å²) >= 11 is 7.27. The Balaban J connectivity index is 0.000000225. The Morgan fingerprint density at radius 3 is 2.09 bits per heavy atom. The number of carboxylic acid groups (broad SMARTS) is 1. The molecule has 0 spiro atoms. The van der Waals surface area contributed by atoms with Crippen molar-refractivity contribution < 1.29 is 91.0 Å². The number of carboxylic acids is 1. The van der Waals surface area contributed by atoms with E-state index < -0.39 is 108 Å². The number of halogens is 1. The maximum atomic E-state index is 14.0. The number of likely N-dealkylation sites (N-methyl/N-ethyl adjacent to an activating group) is 2. The average Bonchev–Trinajstić information content (AvgIpc) is 1.38. The molecular formula is C66H81B2ClN10O19S2. The number of carbonyl (C=O) groups excluding carboxylic acids is 10. The van der Waals surface area contributed by atoms with Crippen molar-refractivity contribution >= 4 is 123 Å². The smallest absolute Gasteiger partial charge is 0.526 e. The number of nitrogen functional groups attached to an aromatic ring is 1. The highest BCUT2D eigenvalue weighted by Crippen LogP contribution is 2.66. The quantitative estimate of drug-likeness (QED) is 0.0164. The van der Waals surface area contributed by atoms with Crippen LogP contribution in [0.25, 0.3) is 0 Å². The number of Topliss-reactive ketones (excluding diaryl/α,β-unsaturated/α-hetero) is 2. The summed E-state index contributed by atoms with van der Waals surface area (Å²) < 4.78 is 35.7. The molecule has 34 heteroatoms. The first-order valence-corrected chi connectivity index (χ1v) is 33.8. The lowest BCUT2D eigenvalue weighted by molar-refractivity contribution is -0.199. The standard InChI is InChI=1S/C38H48BN3O8S.C21H22BN5O8S.C6H7ClN2O3.CH4/c1-36(2,3)48-33(44)26-15-11-14-23(32(26)46-7)16-25(39-49-30-18-24-17-29(37(24,4)5)38(30,6)50-39)19-28(43)31(40)27-21-51-34(41-27)42-35(45)47-20-22-12-9-8-10-13-22;1-26-5-6-27(18(30)17(26)29)21(33)25-15(13-9-36-20(23)24-13)14(28)8-11-7-10-3-2-4-12(19(31)32)16(10)35-22(11)34;1-8-2-3-9(6(7)12)5(11)4(8)10;/h8-15,21,24-25,29-31H,16-20,40H2,1-7H3,(H,41,42,45);2-4,9,11,15,34H,5-8H2,1H3,(H2,23,24)(H,25,33)(H,31,32);2-3H2,1H3;1H4/t24-,25+,29-,30?,31?,38-;11-,15?;;/m01../s1. The van der Waals surface area contributed by atoms with Crippen LogP contribution in [0.3, 0.4) is 0 Å². The van der Waals surface area contributed by atoms with Crippen LogP contribution in [0.5, 0.6) is 11.5 Å². The molecule has 3 saturated heterocycles. The van der Waals surface area contributed by atoms with Gasteiger partial charge in [0, 0.05) is 75.5 Å². The number of carbonyl (C=O) groups is 11. The summed E-state index contributed by atoms with van der Waals surface area (Å²) in [7, 11) is 2.29. The molecule has 100 heavy (non-hydrogen) atoms. The fourth-order valence-corrected chi connectivity index (χ4v) is 14.5. The van der Waals surface area contributed by atoms with Crippen molar-refractivity contribution in [2.75, 3.05) is 58.4 Å². The highest BCUT2D eigenvalue weighted by Gasteiger charge is 2.68. The van der Waals surface area contributed by atoms with Crippen LogP contribution in [-0.2, 0) is 67.0 Å². The molecule has 8 atom stereocenters. The number of anilines is 2. The van der Waals surface area contributed by atoms with E-state index in [0.717, 1.165) is 56.4 Å². The van der Waals surface area contributed by atoms with Crippen LogP contribution in [0.15, 0.2) is 77.5 Å². The number of thiazole rings is 2. The molecule has 3 unspecified atom stereocenters. The predicted molar refractivity (Wildman–Crippen MR) is 368 cm³/mol. The van der Waals surface area contributed by atoms with E-state index >= 15 is 0 Å². The number of aromatic carboxylic acids is 1. The zero-order valence-corrected chi connectivity index (χ0v) is 58.2. The van der Waals surface area contributed by atoms with Crippen molar-refractivity contribution in [3.8, 4) is 11.5 Å². The minimum absolute atomic E-state index is 0. The fourth-order valence-electron chi connectivity index (χ4n) is 13.0. The molecule has 3 aliphatic carbocycles. The van der Waals surface area contributed by atoms with Gasteiger partial charge in [-0.15, -0.1) is 22.7 Å². The summed E-state index contributed by atoms with van der Waals surface area (Å²) in [5.74, 6) is -5.84. The van der Waals surface area contributed by atoms with Gasteiger partial charge in [0.1, 0.15) is 41.4 Å². The molecule has 7 aliphatic rings. The van der Waals surface area contributed by atoms with Gasteiger partial charge in [0.15, 0.2) is 21.8 Å². The molecule has 4 aliphatic heterocycles. The Labute approximate surface area is 591 Å². The number of hydrogen-bond acceptors (Lipinski definition) is 24. The SMILES string of the molecule is C.CN1CCN(C(=O)Cl)C(=O)C1=O.CN1CCN(C(=O)NC(C(=O)C[C@H]2Cc3cccc(C(=O)O)c3OB2O)c2csc(N)n2)C(=O)C1=O.COc1c(C[C@H](CC(=O)C(N)c2csc(NC(=O)OCc3ccccc3)n2)B2OC3C[C@@H]4C[C@@H](C4(C)C)[C@]3(C)O2)cccc1C(=O)OC(C)(C)C. The second-order valence-corrected chi connectivity index (χ2v) is 28.6. The number of amides is 8. The van der Waals surface area contributed by atoms with E-state index in [0.29, 0.717) is 47.4 Å². The predicted octanol–water partition coefficient (Wildman–Crippen LogP) is 7.36. The largest absolute Gasteiger partial charge is 0.535 e. The first-order valence-electron chi connectivity index (χ1n) is 31.7. The van der Waals surface area contributed by atoms with Crippen LogP contribution in [0.2, 0.25) is 11.6 Å². The Morgan fingerprint density at radius 2 is 1.47 bits per heavy atom. The van der Waals surface area contributed by atoms with Gasteiger partial charge < -0.3 is 64.9 Å². The minimum Gasteiger partial charge on any atom is -0.535 e. The van der Waals surface area contributed by atoms with E-state index in [1.54, 1.807) is 23.6 Å². The second-order valence-electron chi connectivity index (χ2n) is 26.6. The number of piperazine rings is 2. The van der Waals surface area contributed by atoms with Crippen molar-refractivity contribution in [2.45, 2.75) is 135 Å². The fraction of sp³-hybridized carbons (Fsp3) is 0.470. The molecule has 6 heterocycles. The van der Waals surface area contributed by atoms with E-state index in [-0.39, 0.29) is 97.5 Å². The number of imide groups is 2. The number of nitrogens with two attached hydrogens (primary N) is 2. The number of aromatic nitrogens is 2. The van der Waals surface area contributed by atoms with Gasteiger partial charge in [0.2, 0.25) is 0 Å². The summed E-state index contributed by atoms with van der Waals surface area (Å²) in [5.41, 5.74) is 14.0. The van der Waals surface area contributed by atoms with Crippen molar-refractivity contribution in [2.24, 2.45) is 23.0 Å². The van der Waals surface area contributed by atoms with Gasteiger partial charge in [-0.05, 0) is 111 Å². The number of hydrogen-bond donors (Lipinski definition) is 6. The van der Waals surface area contributed by atoms with Crippen LogP contribution in [0.4, 0.5) is 24.6 Å². The normalized spacial score (nSPS) is 21.3. The molecule has 3 saturated carbocycles. The van der Waals surface area contributed by atoms with Gasteiger partial charge in [-0.1, -0.05) is 75.9 Å². The molecule has 3 aromatic carbocycles. The Bertz CT molecular complexity index is 3950. The van der Waals surface area contributed by atoms with Gasteiger partial charge in [0.05, 0.1) is 35.8 Å². The Kier molecular flexibility index (Phi) is 24.4. The first kappa shape index (κ1) is 76.9. The number of nitrogens with one attached hydrogen (secondary N) is 2. The van der Waals surface area contributed by atoms with E-state index in [4.69, 9.17) is 51.2 Å².